The average molecular weight is 552 g/mol. The Balaban J connectivity index is 2.08. The quantitative estimate of drug-likeness (QED) is 0.0924. The molecule has 3 rings (SSSR count). The molecule has 0 aliphatic heterocycles. The number of nitriles is 1. The Morgan fingerprint density at radius 2 is 1.90 bits per heavy atom. The van der Waals surface area contributed by atoms with Crippen molar-refractivity contribution < 1.29 is 32.4 Å². The van der Waals surface area contributed by atoms with Crippen molar-refractivity contribution in [3.8, 4) is 23.3 Å². The summed E-state index contributed by atoms with van der Waals surface area (Å²) in [7, 11) is 0. The van der Waals surface area contributed by atoms with Gasteiger partial charge < -0.3 is 14.8 Å². The summed E-state index contributed by atoms with van der Waals surface area (Å²) in [6, 6.07) is 13.9. The minimum atomic E-state index is -4.79. The van der Waals surface area contributed by atoms with Crippen molar-refractivity contribution in [2.45, 2.75) is 26.4 Å². The van der Waals surface area contributed by atoms with Crippen molar-refractivity contribution in [2.75, 3.05) is 11.9 Å². The number of hydrogen-bond donors (Lipinski definition) is 1. The number of aryl methyl sites for hydroxylation is 1. The van der Waals surface area contributed by atoms with Gasteiger partial charge in [-0.25, -0.2) is 0 Å². The zero-order chi connectivity index (χ0) is 29.4. The maximum absolute atomic E-state index is 13.1. The van der Waals surface area contributed by atoms with Crippen LogP contribution in [0.5, 0.6) is 17.2 Å². The van der Waals surface area contributed by atoms with E-state index >= 15 is 0 Å². The number of carbonyl (C=O) groups excluding carboxylic acids is 1. The van der Waals surface area contributed by atoms with Crippen LogP contribution in [0.2, 0.25) is 0 Å². The highest BCUT2D eigenvalue weighted by Gasteiger charge is 2.33. The van der Waals surface area contributed by atoms with Gasteiger partial charge >= 0.3 is 11.9 Å². The van der Waals surface area contributed by atoms with Crippen molar-refractivity contribution in [1.29, 1.82) is 5.26 Å². The van der Waals surface area contributed by atoms with Gasteiger partial charge in [-0.05, 0) is 67.8 Å². The number of ether oxygens (including phenoxy) is 2. The number of halogens is 3. The Bertz CT molecular complexity index is 1520. The molecule has 206 valence electrons. The second-order valence-electron chi connectivity index (χ2n) is 8.41. The Kier molecular flexibility index (Phi) is 9.29. The van der Waals surface area contributed by atoms with Crippen LogP contribution in [0.1, 0.15) is 29.2 Å². The minimum absolute atomic E-state index is 0.0182. The number of benzene rings is 3. The predicted octanol–water partition coefficient (Wildman–Crippen LogP) is 7.39. The third-order valence-corrected chi connectivity index (χ3v) is 5.58. The molecule has 0 aliphatic rings. The lowest BCUT2D eigenvalue weighted by Crippen LogP contribution is -2.14. The summed E-state index contributed by atoms with van der Waals surface area (Å²) in [5, 5.41) is 23.9. The predicted molar refractivity (Wildman–Crippen MR) is 143 cm³/mol. The Morgan fingerprint density at radius 3 is 2.50 bits per heavy atom. The van der Waals surface area contributed by atoms with Crippen molar-refractivity contribution in [3.05, 3.63) is 105 Å². The summed E-state index contributed by atoms with van der Waals surface area (Å²) >= 11 is 0. The minimum Gasteiger partial charge on any atom is -0.490 e. The van der Waals surface area contributed by atoms with Gasteiger partial charge in [-0.3, -0.25) is 14.9 Å². The van der Waals surface area contributed by atoms with Crippen molar-refractivity contribution >= 4 is 23.4 Å². The molecule has 0 aromatic heterocycles. The number of nitrogens with one attached hydrogen (secondary N) is 1. The van der Waals surface area contributed by atoms with Gasteiger partial charge in [0, 0.05) is 17.3 Å². The number of para-hydroxylation sites is 1. The van der Waals surface area contributed by atoms with Crippen LogP contribution < -0.4 is 14.8 Å². The number of carbonyl (C=O) groups is 1. The second kappa shape index (κ2) is 12.6. The standard InChI is InChI=1S/C29H24F3N3O5/c1-4-8-20-13-19(14-21(17-33)28(36)34-23-10-7-6-9-18(23)3)15-26(39-5-2)27(20)40-25-12-11-22(29(30,31)32)16-24(25)35(37)38/h4,6-7,9-16H,1,5,8H2,2-3H3,(H,34,36)/b21-14+. The number of rotatable bonds is 10. The number of nitro groups is 1. The molecule has 0 fully saturated rings. The first-order valence-corrected chi connectivity index (χ1v) is 11.9. The monoisotopic (exact) mass is 551 g/mol. The van der Waals surface area contributed by atoms with Crippen molar-refractivity contribution in [1.82, 2.24) is 0 Å². The molecule has 11 heteroatoms. The summed E-state index contributed by atoms with van der Waals surface area (Å²) in [5.41, 5.74) is -0.162. The highest BCUT2D eigenvalue weighted by molar-refractivity contribution is 6.10. The lowest BCUT2D eigenvalue weighted by atomic mass is 10.0. The molecule has 1 N–H and O–H groups in total. The summed E-state index contributed by atoms with van der Waals surface area (Å²) in [6.45, 7) is 7.32. The molecular formula is C29H24F3N3O5. The van der Waals surface area contributed by atoms with Gasteiger partial charge in [0.1, 0.15) is 11.6 Å². The van der Waals surface area contributed by atoms with Crippen LogP contribution >= 0.6 is 0 Å². The van der Waals surface area contributed by atoms with E-state index in [2.05, 4.69) is 11.9 Å². The Hall–Kier alpha value is -5.11. The van der Waals surface area contributed by atoms with Gasteiger partial charge in [0.05, 0.1) is 17.1 Å². The maximum Gasteiger partial charge on any atom is 0.416 e. The molecule has 0 heterocycles. The number of nitro benzene ring substituents is 1. The summed E-state index contributed by atoms with van der Waals surface area (Å²) in [5.74, 6) is -0.952. The molecule has 8 nitrogen and oxygen atoms in total. The van der Waals surface area contributed by atoms with E-state index in [0.29, 0.717) is 28.9 Å². The molecule has 0 spiro atoms. The summed E-state index contributed by atoms with van der Waals surface area (Å²) < 4.78 is 50.9. The third-order valence-electron chi connectivity index (χ3n) is 5.58. The molecule has 0 saturated heterocycles. The van der Waals surface area contributed by atoms with E-state index in [4.69, 9.17) is 9.47 Å². The van der Waals surface area contributed by atoms with E-state index in [1.165, 1.54) is 18.2 Å². The van der Waals surface area contributed by atoms with Gasteiger partial charge in [-0.1, -0.05) is 24.3 Å². The van der Waals surface area contributed by atoms with Gasteiger partial charge in [-0.2, -0.15) is 18.4 Å². The van der Waals surface area contributed by atoms with Crippen molar-refractivity contribution in [2.24, 2.45) is 0 Å². The molecule has 0 aliphatic carbocycles. The largest absolute Gasteiger partial charge is 0.490 e. The fraction of sp³-hybridized carbons (Fsp3) is 0.172. The van der Waals surface area contributed by atoms with Crippen molar-refractivity contribution in [3.63, 3.8) is 0 Å². The van der Waals surface area contributed by atoms with Gasteiger partial charge in [0.15, 0.2) is 11.5 Å². The van der Waals surface area contributed by atoms with E-state index in [-0.39, 0.29) is 30.1 Å². The number of anilines is 1. The molecule has 0 unspecified atom stereocenters. The number of alkyl halides is 3. The normalized spacial score (nSPS) is 11.3. The average Bonchev–Trinajstić information content (AvgIpc) is 2.90. The Labute approximate surface area is 228 Å². The van der Waals surface area contributed by atoms with Gasteiger partial charge in [0.2, 0.25) is 5.75 Å². The first-order chi connectivity index (χ1) is 19.0. The highest BCUT2D eigenvalue weighted by Crippen LogP contribution is 2.42. The molecule has 0 atom stereocenters. The zero-order valence-corrected chi connectivity index (χ0v) is 21.5. The molecular weight excluding hydrogens is 527 g/mol. The van der Waals surface area contributed by atoms with E-state index < -0.39 is 34.0 Å². The van der Waals surface area contributed by atoms with E-state index in [0.717, 1.165) is 11.6 Å². The van der Waals surface area contributed by atoms with Crippen LogP contribution in [-0.2, 0) is 17.4 Å². The lowest BCUT2D eigenvalue weighted by Gasteiger charge is -2.17. The molecule has 3 aromatic carbocycles. The summed E-state index contributed by atoms with van der Waals surface area (Å²) in [4.78, 5) is 23.4. The topological polar surface area (TPSA) is 114 Å². The van der Waals surface area contributed by atoms with E-state index in [1.54, 1.807) is 38.1 Å². The van der Waals surface area contributed by atoms with E-state index in [1.807, 2.05) is 12.1 Å². The fourth-order valence-electron chi connectivity index (χ4n) is 3.70. The summed E-state index contributed by atoms with van der Waals surface area (Å²) in [6.07, 6.45) is -1.76. The SMILES string of the molecule is C=CCc1cc(/C=C(\C#N)C(=O)Nc2ccccc2C)cc(OCC)c1Oc1ccc(C(F)(F)F)cc1[N+](=O)[O-]. The van der Waals surface area contributed by atoms with Gasteiger partial charge in [0.25, 0.3) is 5.91 Å². The number of allylic oxidation sites excluding steroid dienone is 1. The smallest absolute Gasteiger partial charge is 0.416 e. The third kappa shape index (κ3) is 7.05. The van der Waals surface area contributed by atoms with Crippen LogP contribution in [-0.4, -0.2) is 17.4 Å². The second-order valence-corrected chi connectivity index (χ2v) is 8.41. The van der Waals surface area contributed by atoms with Crippen LogP contribution in [0.15, 0.2) is 72.8 Å². The lowest BCUT2D eigenvalue weighted by molar-refractivity contribution is -0.385. The van der Waals surface area contributed by atoms with Crippen LogP contribution in [0.3, 0.4) is 0 Å². The molecule has 0 saturated carbocycles. The molecule has 3 aromatic rings. The molecule has 40 heavy (non-hydrogen) atoms. The van der Waals surface area contributed by atoms with Gasteiger partial charge in [-0.15, -0.1) is 6.58 Å². The number of amides is 1. The molecule has 1 amide bonds. The highest BCUT2D eigenvalue weighted by atomic mass is 19.4. The maximum atomic E-state index is 13.1. The molecule has 0 radical (unpaired) electrons. The Morgan fingerprint density at radius 1 is 1.18 bits per heavy atom. The van der Waals surface area contributed by atoms with Crippen LogP contribution in [0.25, 0.3) is 6.08 Å². The first kappa shape index (κ1) is 29.4. The van der Waals surface area contributed by atoms with Crippen LogP contribution in [0.4, 0.5) is 24.5 Å². The zero-order valence-electron chi connectivity index (χ0n) is 21.5. The fourth-order valence-corrected chi connectivity index (χ4v) is 3.70. The number of hydrogen-bond acceptors (Lipinski definition) is 6. The van der Waals surface area contributed by atoms with Crippen LogP contribution in [0, 0.1) is 28.4 Å². The first-order valence-electron chi connectivity index (χ1n) is 11.9. The number of nitrogens with zero attached hydrogens (tertiary/aromatic N) is 2. The molecule has 0 bridgehead atoms. The van der Waals surface area contributed by atoms with E-state index in [9.17, 15) is 33.3 Å².